The van der Waals surface area contributed by atoms with Crippen molar-refractivity contribution in [3.8, 4) is 17.6 Å². The summed E-state index contributed by atoms with van der Waals surface area (Å²) < 4.78 is 28.5. The molecule has 1 atom stereocenters. The van der Waals surface area contributed by atoms with Crippen molar-refractivity contribution in [2.24, 2.45) is 5.41 Å². The summed E-state index contributed by atoms with van der Waals surface area (Å²) in [6.45, 7) is 7.48. The quantitative estimate of drug-likeness (QED) is 0.769. The molecule has 26 heavy (non-hydrogen) atoms. The van der Waals surface area contributed by atoms with Gasteiger partial charge in [0, 0.05) is 35.6 Å². The van der Waals surface area contributed by atoms with Gasteiger partial charge in [0.2, 0.25) is 0 Å². The number of β-amino-alcohol motifs (C(OH)–C–C–N with tert-alkyl or cyclic N) is 1. The van der Waals surface area contributed by atoms with Crippen LogP contribution < -0.4 is 4.74 Å². The average molecular weight is 400 g/mol. The zero-order valence-corrected chi connectivity index (χ0v) is 17.0. The first-order valence-corrected chi connectivity index (χ1v) is 10.8. The number of rotatable bonds is 5. The number of sulfone groups is 1. The van der Waals surface area contributed by atoms with Crippen molar-refractivity contribution < 1.29 is 18.3 Å². The third-order valence-corrected chi connectivity index (χ3v) is 5.63. The van der Waals surface area contributed by atoms with E-state index in [9.17, 15) is 13.5 Å². The maximum absolute atomic E-state index is 11.4. The van der Waals surface area contributed by atoms with Crippen LogP contribution in [0.4, 0.5) is 0 Å². The van der Waals surface area contributed by atoms with Gasteiger partial charge in [0.1, 0.15) is 18.5 Å². The molecule has 0 radical (unpaired) electrons. The van der Waals surface area contributed by atoms with Gasteiger partial charge in [0.05, 0.1) is 11.5 Å². The molecule has 144 valence electrons. The van der Waals surface area contributed by atoms with Crippen LogP contribution >= 0.6 is 11.6 Å². The molecule has 0 bridgehead atoms. The van der Waals surface area contributed by atoms with E-state index in [-0.39, 0.29) is 23.5 Å². The van der Waals surface area contributed by atoms with E-state index in [2.05, 4.69) is 11.8 Å². The molecule has 1 saturated heterocycles. The fraction of sp³-hybridized carbons (Fsp3) is 0.579. The largest absolute Gasteiger partial charge is 0.491 e. The second kappa shape index (κ2) is 8.62. The maximum atomic E-state index is 11.4. The lowest BCUT2D eigenvalue weighted by Gasteiger charge is -2.28. The molecule has 1 aliphatic heterocycles. The van der Waals surface area contributed by atoms with Gasteiger partial charge >= 0.3 is 0 Å². The molecule has 1 aliphatic rings. The minimum absolute atomic E-state index is 0.107. The van der Waals surface area contributed by atoms with E-state index in [0.29, 0.717) is 30.4 Å². The van der Waals surface area contributed by atoms with Crippen LogP contribution in [0, 0.1) is 17.3 Å². The van der Waals surface area contributed by atoms with Crippen molar-refractivity contribution in [1.29, 1.82) is 0 Å². The Kier molecular flexibility index (Phi) is 6.98. The Balaban J connectivity index is 1.90. The van der Waals surface area contributed by atoms with Gasteiger partial charge < -0.3 is 9.84 Å². The number of benzene rings is 1. The minimum Gasteiger partial charge on any atom is -0.491 e. The Bertz CT molecular complexity index is 776. The lowest BCUT2D eigenvalue weighted by atomic mass is 9.97. The van der Waals surface area contributed by atoms with Gasteiger partial charge in [-0.15, -0.1) is 0 Å². The number of aliphatic hydroxyl groups is 1. The van der Waals surface area contributed by atoms with Gasteiger partial charge in [-0.2, -0.15) is 0 Å². The van der Waals surface area contributed by atoms with Crippen molar-refractivity contribution in [2.45, 2.75) is 26.9 Å². The standard InChI is InChI=1S/C19H26ClNO4S/c1-19(2,3)5-4-15-10-16(20)12-18(11-15)25-14-17(22)13-21-6-8-26(23,24)9-7-21/h10-12,17,22H,6-9,13-14H2,1-3H3. The highest BCUT2D eigenvalue weighted by molar-refractivity contribution is 7.91. The Labute approximate surface area is 161 Å². The normalized spacial score (nSPS) is 18.7. The number of hydrogen-bond acceptors (Lipinski definition) is 5. The third-order valence-electron chi connectivity index (χ3n) is 3.80. The second-order valence-electron chi connectivity index (χ2n) is 7.59. The molecule has 0 spiro atoms. The van der Waals surface area contributed by atoms with E-state index in [4.69, 9.17) is 16.3 Å². The Morgan fingerprint density at radius 2 is 1.92 bits per heavy atom. The summed E-state index contributed by atoms with van der Waals surface area (Å²) in [5.41, 5.74) is 0.653. The van der Waals surface area contributed by atoms with Gasteiger partial charge in [-0.1, -0.05) is 23.4 Å². The zero-order chi connectivity index (χ0) is 19.4. The molecule has 0 aromatic heterocycles. The van der Waals surface area contributed by atoms with Gasteiger partial charge in [-0.25, -0.2) is 8.42 Å². The van der Waals surface area contributed by atoms with Crippen LogP contribution in [-0.2, 0) is 9.84 Å². The van der Waals surface area contributed by atoms with E-state index in [0.717, 1.165) is 5.56 Å². The average Bonchev–Trinajstić information content (AvgIpc) is 2.52. The van der Waals surface area contributed by atoms with Crippen LogP contribution in [0.5, 0.6) is 5.75 Å². The highest BCUT2D eigenvalue weighted by Crippen LogP contribution is 2.21. The Morgan fingerprint density at radius 1 is 1.27 bits per heavy atom. The minimum atomic E-state index is -2.91. The molecule has 1 aromatic carbocycles. The van der Waals surface area contributed by atoms with Crippen LogP contribution in [0.3, 0.4) is 0 Å². The molecule has 1 fully saturated rings. The van der Waals surface area contributed by atoms with E-state index in [1.165, 1.54) is 0 Å². The lowest BCUT2D eigenvalue weighted by molar-refractivity contribution is 0.0710. The number of halogens is 1. The van der Waals surface area contributed by atoms with E-state index in [1.807, 2.05) is 25.7 Å². The summed E-state index contributed by atoms with van der Waals surface area (Å²) in [6, 6.07) is 5.26. The number of aliphatic hydroxyl groups excluding tert-OH is 1. The molecule has 1 heterocycles. The first kappa shape index (κ1) is 21.0. The summed E-state index contributed by atoms with van der Waals surface area (Å²) >= 11 is 6.12. The number of hydrogen-bond donors (Lipinski definition) is 1. The predicted octanol–water partition coefficient (Wildman–Crippen LogP) is 2.21. The van der Waals surface area contributed by atoms with Gasteiger partial charge in [-0.3, -0.25) is 4.90 Å². The fourth-order valence-corrected chi connectivity index (χ4v) is 3.96. The summed E-state index contributed by atoms with van der Waals surface area (Å²) in [5, 5.41) is 10.7. The first-order valence-electron chi connectivity index (χ1n) is 8.60. The Hall–Kier alpha value is -1.26. The van der Waals surface area contributed by atoms with Crippen molar-refractivity contribution in [2.75, 3.05) is 37.7 Å². The van der Waals surface area contributed by atoms with Crippen molar-refractivity contribution in [3.05, 3.63) is 28.8 Å². The van der Waals surface area contributed by atoms with Crippen molar-refractivity contribution in [3.63, 3.8) is 0 Å². The molecular formula is C19H26ClNO4S. The smallest absolute Gasteiger partial charge is 0.152 e. The summed E-state index contributed by atoms with van der Waals surface area (Å²) in [6.07, 6.45) is -0.709. The Morgan fingerprint density at radius 3 is 2.54 bits per heavy atom. The zero-order valence-electron chi connectivity index (χ0n) is 15.5. The molecule has 0 saturated carbocycles. The van der Waals surface area contributed by atoms with Crippen molar-refractivity contribution >= 4 is 21.4 Å². The monoisotopic (exact) mass is 399 g/mol. The van der Waals surface area contributed by atoms with Crippen LogP contribution in [0.15, 0.2) is 18.2 Å². The highest BCUT2D eigenvalue weighted by atomic mass is 35.5. The van der Waals surface area contributed by atoms with Crippen molar-refractivity contribution in [1.82, 2.24) is 4.90 Å². The van der Waals surface area contributed by atoms with Gasteiger partial charge in [-0.05, 0) is 39.0 Å². The summed E-state index contributed by atoms with van der Waals surface area (Å²) in [4.78, 5) is 1.94. The number of nitrogens with zero attached hydrogens (tertiary/aromatic N) is 1. The summed E-state index contributed by atoms with van der Waals surface area (Å²) in [7, 11) is -2.91. The topological polar surface area (TPSA) is 66.8 Å². The third kappa shape index (κ3) is 7.55. The lowest BCUT2D eigenvalue weighted by Crippen LogP contribution is -2.44. The molecular weight excluding hydrogens is 374 g/mol. The maximum Gasteiger partial charge on any atom is 0.152 e. The SMILES string of the molecule is CC(C)(C)C#Cc1cc(Cl)cc(OCC(O)CN2CCS(=O)(=O)CC2)c1. The molecule has 7 heteroatoms. The van der Waals surface area contributed by atoms with E-state index < -0.39 is 15.9 Å². The highest BCUT2D eigenvalue weighted by Gasteiger charge is 2.23. The predicted molar refractivity (Wildman–Crippen MR) is 104 cm³/mol. The second-order valence-corrected chi connectivity index (χ2v) is 10.3. The van der Waals surface area contributed by atoms with Crippen LogP contribution in [0.1, 0.15) is 26.3 Å². The van der Waals surface area contributed by atoms with Crippen LogP contribution in [-0.4, -0.2) is 62.3 Å². The van der Waals surface area contributed by atoms with Crippen LogP contribution in [0.25, 0.3) is 0 Å². The van der Waals surface area contributed by atoms with Gasteiger partial charge in [0.15, 0.2) is 9.84 Å². The molecule has 1 unspecified atom stereocenters. The molecule has 2 rings (SSSR count). The van der Waals surface area contributed by atoms with Gasteiger partial charge in [0.25, 0.3) is 0 Å². The number of ether oxygens (including phenoxy) is 1. The molecule has 1 N–H and O–H groups in total. The van der Waals surface area contributed by atoms with E-state index in [1.54, 1.807) is 18.2 Å². The molecule has 1 aromatic rings. The fourth-order valence-electron chi connectivity index (χ4n) is 2.45. The molecule has 0 aliphatic carbocycles. The first-order chi connectivity index (χ1) is 12.0. The molecule has 0 amide bonds. The molecule has 5 nitrogen and oxygen atoms in total. The van der Waals surface area contributed by atoms with E-state index >= 15 is 0 Å². The summed E-state index contributed by atoms with van der Waals surface area (Å²) in [5.74, 6) is 7.07. The van der Waals surface area contributed by atoms with Crippen LogP contribution in [0.2, 0.25) is 5.02 Å².